The minimum Gasteiger partial charge on any atom is -0.298 e. The lowest BCUT2D eigenvalue weighted by atomic mass is 10.1. The zero-order chi connectivity index (χ0) is 15.5. The summed E-state index contributed by atoms with van der Waals surface area (Å²) in [6, 6.07) is 13.5. The van der Waals surface area contributed by atoms with Crippen LogP contribution < -0.4 is 5.32 Å². The molecule has 3 rings (SSSR count). The van der Waals surface area contributed by atoms with Crippen LogP contribution >= 0.6 is 11.3 Å². The number of benzene rings is 2. The van der Waals surface area contributed by atoms with Crippen molar-refractivity contribution < 1.29 is 9.18 Å². The number of halogens is 1. The normalized spacial score (nSPS) is 10.5. The number of thiazole rings is 1. The Bertz CT molecular complexity index is 812. The number of anilines is 1. The number of nitrogens with one attached hydrogen (secondary N) is 1. The SMILES string of the molecule is Cc1cccc(C(=O)Nc2nc(-c3ccc(F)cc3)cs2)c1. The van der Waals surface area contributed by atoms with Crippen molar-refractivity contribution in [3.63, 3.8) is 0 Å². The van der Waals surface area contributed by atoms with E-state index in [-0.39, 0.29) is 11.7 Å². The Morgan fingerprint density at radius 2 is 1.95 bits per heavy atom. The second-order valence-electron chi connectivity index (χ2n) is 4.87. The first kappa shape index (κ1) is 14.4. The number of rotatable bonds is 3. The van der Waals surface area contributed by atoms with Crippen LogP contribution in [0, 0.1) is 12.7 Å². The monoisotopic (exact) mass is 312 g/mol. The number of hydrogen-bond donors (Lipinski definition) is 1. The quantitative estimate of drug-likeness (QED) is 0.773. The first-order chi connectivity index (χ1) is 10.6. The predicted molar refractivity (Wildman–Crippen MR) is 86.6 cm³/mol. The van der Waals surface area contributed by atoms with Crippen LogP contribution in [0.15, 0.2) is 53.9 Å². The van der Waals surface area contributed by atoms with Gasteiger partial charge in [-0.3, -0.25) is 10.1 Å². The van der Waals surface area contributed by atoms with Crippen LogP contribution in [0.3, 0.4) is 0 Å². The third-order valence-electron chi connectivity index (χ3n) is 3.14. The van der Waals surface area contributed by atoms with E-state index in [1.807, 2.05) is 30.5 Å². The largest absolute Gasteiger partial charge is 0.298 e. The van der Waals surface area contributed by atoms with E-state index in [9.17, 15) is 9.18 Å². The average molecular weight is 312 g/mol. The minimum absolute atomic E-state index is 0.191. The van der Waals surface area contributed by atoms with Crippen LogP contribution in [0.5, 0.6) is 0 Å². The molecule has 1 heterocycles. The molecule has 0 aliphatic rings. The highest BCUT2D eigenvalue weighted by Crippen LogP contribution is 2.25. The van der Waals surface area contributed by atoms with E-state index in [1.54, 1.807) is 18.2 Å². The molecular formula is C17H13FN2OS. The summed E-state index contributed by atoms with van der Waals surface area (Å²) in [5, 5.41) is 5.13. The van der Waals surface area contributed by atoms with Crippen LogP contribution in [-0.2, 0) is 0 Å². The van der Waals surface area contributed by atoms with Crippen molar-refractivity contribution in [1.29, 1.82) is 0 Å². The Balaban J connectivity index is 1.77. The van der Waals surface area contributed by atoms with Crippen LogP contribution in [0.2, 0.25) is 0 Å². The topological polar surface area (TPSA) is 42.0 Å². The van der Waals surface area contributed by atoms with Gasteiger partial charge < -0.3 is 0 Å². The van der Waals surface area contributed by atoms with E-state index in [0.29, 0.717) is 16.4 Å². The predicted octanol–water partition coefficient (Wildman–Crippen LogP) is 4.51. The van der Waals surface area contributed by atoms with Gasteiger partial charge in [0.05, 0.1) is 5.69 Å². The highest BCUT2D eigenvalue weighted by Gasteiger charge is 2.10. The second-order valence-corrected chi connectivity index (χ2v) is 5.73. The fourth-order valence-corrected chi connectivity index (χ4v) is 2.75. The fraction of sp³-hybridized carbons (Fsp3) is 0.0588. The van der Waals surface area contributed by atoms with E-state index in [4.69, 9.17) is 0 Å². The van der Waals surface area contributed by atoms with Crippen molar-refractivity contribution in [3.05, 3.63) is 70.9 Å². The molecule has 0 atom stereocenters. The van der Waals surface area contributed by atoms with Gasteiger partial charge >= 0.3 is 0 Å². The third-order valence-corrected chi connectivity index (χ3v) is 3.90. The van der Waals surface area contributed by atoms with Gasteiger partial charge in [0.2, 0.25) is 0 Å². The van der Waals surface area contributed by atoms with E-state index >= 15 is 0 Å². The highest BCUT2D eigenvalue weighted by molar-refractivity contribution is 7.14. The summed E-state index contributed by atoms with van der Waals surface area (Å²) in [5.41, 5.74) is 3.15. The van der Waals surface area contributed by atoms with Gasteiger partial charge in [-0.25, -0.2) is 9.37 Å². The molecule has 0 aliphatic carbocycles. The molecule has 1 aromatic heterocycles. The molecule has 1 amide bonds. The smallest absolute Gasteiger partial charge is 0.257 e. The molecule has 2 aromatic carbocycles. The molecule has 0 saturated heterocycles. The van der Waals surface area contributed by atoms with Gasteiger partial charge in [-0.2, -0.15) is 0 Å². The lowest BCUT2D eigenvalue weighted by molar-refractivity contribution is 0.102. The highest BCUT2D eigenvalue weighted by atomic mass is 32.1. The number of aryl methyl sites for hydroxylation is 1. The zero-order valence-corrected chi connectivity index (χ0v) is 12.7. The Labute approximate surface area is 131 Å². The maximum Gasteiger partial charge on any atom is 0.257 e. The van der Waals surface area contributed by atoms with E-state index in [1.165, 1.54) is 23.5 Å². The summed E-state index contributed by atoms with van der Waals surface area (Å²) >= 11 is 1.34. The van der Waals surface area contributed by atoms with Crippen molar-refractivity contribution in [2.24, 2.45) is 0 Å². The molecular weight excluding hydrogens is 299 g/mol. The van der Waals surface area contributed by atoms with Gasteiger partial charge in [0.15, 0.2) is 5.13 Å². The zero-order valence-electron chi connectivity index (χ0n) is 11.8. The number of aromatic nitrogens is 1. The van der Waals surface area contributed by atoms with Gasteiger partial charge in [-0.15, -0.1) is 11.3 Å². The molecule has 5 heteroatoms. The number of hydrogen-bond acceptors (Lipinski definition) is 3. The summed E-state index contributed by atoms with van der Waals surface area (Å²) in [4.78, 5) is 16.5. The molecule has 3 nitrogen and oxygen atoms in total. The summed E-state index contributed by atoms with van der Waals surface area (Å²) in [5.74, 6) is -0.476. The standard InChI is InChI=1S/C17H13FN2OS/c1-11-3-2-4-13(9-11)16(21)20-17-19-15(10-22-17)12-5-7-14(18)8-6-12/h2-10H,1H3,(H,19,20,21). The van der Waals surface area contributed by atoms with Crippen LogP contribution in [0.25, 0.3) is 11.3 Å². The first-order valence-corrected chi connectivity index (χ1v) is 7.59. The molecule has 0 unspecified atom stereocenters. The molecule has 0 fully saturated rings. The van der Waals surface area contributed by atoms with Crippen molar-refractivity contribution in [2.45, 2.75) is 6.92 Å². The van der Waals surface area contributed by atoms with Gasteiger partial charge in [0.1, 0.15) is 5.82 Å². The van der Waals surface area contributed by atoms with Gasteiger partial charge in [0.25, 0.3) is 5.91 Å². The van der Waals surface area contributed by atoms with E-state index in [0.717, 1.165) is 11.1 Å². The molecule has 0 saturated carbocycles. The number of carbonyl (C=O) groups excluding carboxylic acids is 1. The second kappa shape index (κ2) is 6.07. The molecule has 22 heavy (non-hydrogen) atoms. The minimum atomic E-state index is -0.285. The van der Waals surface area contributed by atoms with Crippen molar-refractivity contribution in [2.75, 3.05) is 5.32 Å². The molecule has 110 valence electrons. The molecule has 3 aromatic rings. The van der Waals surface area contributed by atoms with Gasteiger partial charge in [-0.1, -0.05) is 17.7 Å². The number of carbonyl (C=O) groups is 1. The fourth-order valence-electron chi connectivity index (χ4n) is 2.04. The maximum atomic E-state index is 12.9. The van der Waals surface area contributed by atoms with Crippen LogP contribution in [0.1, 0.15) is 15.9 Å². The Morgan fingerprint density at radius 3 is 2.68 bits per heavy atom. The molecule has 0 bridgehead atoms. The molecule has 0 aliphatic heterocycles. The summed E-state index contributed by atoms with van der Waals surface area (Å²) < 4.78 is 12.9. The van der Waals surface area contributed by atoms with Crippen molar-refractivity contribution in [1.82, 2.24) is 4.98 Å². The first-order valence-electron chi connectivity index (χ1n) is 6.71. The average Bonchev–Trinajstić information content (AvgIpc) is 2.96. The Hall–Kier alpha value is -2.53. The van der Waals surface area contributed by atoms with Gasteiger partial charge in [0, 0.05) is 16.5 Å². The summed E-state index contributed by atoms with van der Waals surface area (Å²) in [6.45, 7) is 1.94. The van der Waals surface area contributed by atoms with Gasteiger partial charge in [-0.05, 0) is 43.3 Å². The number of amides is 1. The third kappa shape index (κ3) is 3.20. The molecule has 0 spiro atoms. The Kier molecular flexibility index (Phi) is 3.98. The van der Waals surface area contributed by atoms with Crippen molar-refractivity contribution >= 4 is 22.4 Å². The lowest BCUT2D eigenvalue weighted by Gasteiger charge is -2.02. The summed E-state index contributed by atoms with van der Waals surface area (Å²) in [6.07, 6.45) is 0. The summed E-state index contributed by atoms with van der Waals surface area (Å²) in [7, 11) is 0. The Morgan fingerprint density at radius 1 is 1.18 bits per heavy atom. The molecule has 0 radical (unpaired) electrons. The molecule has 1 N–H and O–H groups in total. The van der Waals surface area contributed by atoms with Crippen LogP contribution in [-0.4, -0.2) is 10.9 Å². The maximum absolute atomic E-state index is 12.9. The van der Waals surface area contributed by atoms with Crippen LogP contribution in [0.4, 0.5) is 9.52 Å². The number of nitrogens with zero attached hydrogens (tertiary/aromatic N) is 1. The van der Waals surface area contributed by atoms with Crippen molar-refractivity contribution in [3.8, 4) is 11.3 Å². The lowest BCUT2D eigenvalue weighted by Crippen LogP contribution is -2.11. The van der Waals surface area contributed by atoms with E-state index in [2.05, 4.69) is 10.3 Å². The van der Waals surface area contributed by atoms with E-state index < -0.39 is 0 Å².